The molecular weight excluding hydrogens is 262 g/mol. The molecule has 0 amide bonds. The molecule has 0 saturated carbocycles. The second-order valence-electron chi connectivity index (χ2n) is 5.79. The monoisotopic (exact) mass is 285 g/mol. The van der Waals surface area contributed by atoms with Crippen LogP contribution in [0.1, 0.15) is 25.3 Å². The van der Waals surface area contributed by atoms with Gasteiger partial charge < -0.3 is 10.1 Å². The number of nitrogens with zero attached hydrogens (tertiary/aromatic N) is 2. The van der Waals surface area contributed by atoms with Crippen LogP contribution in [-0.4, -0.2) is 29.0 Å². The smallest absolute Gasteiger partial charge is 0.0660 e. The zero-order chi connectivity index (χ0) is 14.5. The summed E-state index contributed by atoms with van der Waals surface area (Å²) in [5.74, 6) is 0.702. The predicted octanol–water partition coefficient (Wildman–Crippen LogP) is 3.16. The van der Waals surface area contributed by atoms with Crippen LogP contribution in [0, 0.1) is 5.92 Å². The molecule has 1 saturated heterocycles. The SMILES string of the molecule is CC(Nc1cccc(Cn2cccn2)c1)C1CCOCC1. The van der Waals surface area contributed by atoms with Gasteiger partial charge in [0, 0.05) is 37.3 Å². The quantitative estimate of drug-likeness (QED) is 0.917. The summed E-state index contributed by atoms with van der Waals surface area (Å²) in [5.41, 5.74) is 2.46. The van der Waals surface area contributed by atoms with E-state index < -0.39 is 0 Å². The molecule has 0 radical (unpaired) electrons. The predicted molar refractivity (Wildman–Crippen MR) is 84.4 cm³/mol. The van der Waals surface area contributed by atoms with Crippen molar-refractivity contribution in [3.05, 3.63) is 48.3 Å². The molecule has 0 spiro atoms. The van der Waals surface area contributed by atoms with E-state index in [9.17, 15) is 0 Å². The lowest BCUT2D eigenvalue weighted by Gasteiger charge is -2.29. The fourth-order valence-electron chi connectivity index (χ4n) is 2.94. The summed E-state index contributed by atoms with van der Waals surface area (Å²) in [6.45, 7) is 4.89. The van der Waals surface area contributed by atoms with E-state index in [-0.39, 0.29) is 0 Å². The normalized spacial score (nSPS) is 17.6. The average Bonchev–Trinajstić information content (AvgIpc) is 3.01. The molecule has 1 atom stereocenters. The minimum atomic E-state index is 0.480. The van der Waals surface area contributed by atoms with E-state index in [2.05, 4.69) is 41.6 Å². The standard InChI is InChI=1S/C17H23N3O/c1-14(16-6-10-21-11-7-16)19-17-5-2-4-15(12-17)13-20-9-3-8-18-20/h2-5,8-9,12,14,16,19H,6-7,10-11,13H2,1H3. The van der Waals surface area contributed by atoms with Crippen molar-refractivity contribution in [2.75, 3.05) is 18.5 Å². The van der Waals surface area contributed by atoms with E-state index >= 15 is 0 Å². The van der Waals surface area contributed by atoms with Crippen molar-refractivity contribution in [1.82, 2.24) is 9.78 Å². The van der Waals surface area contributed by atoms with Crippen molar-refractivity contribution in [2.45, 2.75) is 32.4 Å². The average molecular weight is 285 g/mol. The Morgan fingerprint density at radius 3 is 2.95 bits per heavy atom. The number of benzene rings is 1. The van der Waals surface area contributed by atoms with E-state index in [0.29, 0.717) is 12.0 Å². The molecule has 1 aromatic heterocycles. The van der Waals surface area contributed by atoms with Crippen LogP contribution in [0.2, 0.25) is 0 Å². The minimum absolute atomic E-state index is 0.480. The maximum absolute atomic E-state index is 5.44. The van der Waals surface area contributed by atoms with Gasteiger partial charge in [-0.2, -0.15) is 5.10 Å². The largest absolute Gasteiger partial charge is 0.382 e. The summed E-state index contributed by atoms with van der Waals surface area (Å²) in [6.07, 6.45) is 6.11. The number of anilines is 1. The topological polar surface area (TPSA) is 39.1 Å². The lowest BCUT2D eigenvalue weighted by Crippen LogP contribution is -2.30. The summed E-state index contributed by atoms with van der Waals surface area (Å²) in [7, 11) is 0. The third kappa shape index (κ3) is 3.85. The van der Waals surface area contributed by atoms with E-state index in [4.69, 9.17) is 4.74 Å². The summed E-state index contributed by atoms with van der Waals surface area (Å²) >= 11 is 0. The van der Waals surface area contributed by atoms with E-state index in [1.807, 2.05) is 23.1 Å². The highest BCUT2D eigenvalue weighted by Gasteiger charge is 2.20. The van der Waals surface area contributed by atoms with Crippen molar-refractivity contribution < 1.29 is 4.74 Å². The molecule has 1 fully saturated rings. The van der Waals surface area contributed by atoms with Crippen molar-refractivity contribution in [1.29, 1.82) is 0 Å². The van der Waals surface area contributed by atoms with Gasteiger partial charge in [0.25, 0.3) is 0 Å². The van der Waals surface area contributed by atoms with Crippen LogP contribution in [0.4, 0.5) is 5.69 Å². The minimum Gasteiger partial charge on any atom is -0.382 e. The van der Waals surface area contributed by atoms with Crippen LogP contribution in [0.3, 0.4) is 0 Å². The molecule has 1 aliphatic heterocycles. The van der Waals surface area contributed by atoms with Gasteiger partial charge in [-0.05, 0) is 49.4 Å². The Kier molecular flexibility index (Phi) is 4.55. The molecule has 21 heavy (non-hydrogen) atoms. The molecule has 0 bridgehead atoms. The number of nitrogens with one attached hydrogen (secondary N) is 1. The maximum atomic E-state index is 5.44. The maximum Gasteiger partial charge on any atom is 0.0660 e. The highest BCUT2D eigenvalue weighted by molar-refractivity contribution is 5.46. The molecule has 1 aliphatic rings. The zero-order valence-corrected chi connectivity index (χ0v) is 12.5. The van der Waals surface area contributed by atoms with Crippen LogP contribution in [0.5, 0.6) is 0 Å². The third-order valence-electron chi connectivity index (χ3n) is 4.20. The molecule has 1 N–H and O–H groups in total. The van der Waals surface area contributed by atoms with Gasteiger partial charge in [0.2, 0.25) is 0 Å². The molecule has 4 heteroatoms. The van der Waals surface area contributed by atoms with Crippen molar-refractivity contribution >= 4 is 5.69 Å². The van der Waals surface area contributed by atoms with Crippen LogP contribution in [0.25, 0.3) is 0 Å². The second kappa shape index (κ2) is 6.76. The Labute approximate surface area is 126 Å². The fraction of sp³-hybridized carbons (Fsp3) is 0.471. The van der Waals surface area contributed by atoms with Crippen molar-refractivity contribution in [2.24, 2.45) is 5.92 Å². The molecule has 1 aromatic carbocycles. The molecule has 0 aliphatic carbocycles. The van der Waals surface area contributed by atoms with Crippen molar-refractivity contribution in [3.63, 3.8) is 0 Å². The lowest BCUT2D eigenvalue weighted by atomic mass is 9.93. The summed E-state index contributed by atoms with van der Waals surface area (Å²) in [4.78, 5) is 0. The summed E-state index contributed by atoms with van der Waals surface area (Å²) < 4.78 is 7.39. The molecule has 3 rings (SSSR count). The first-order valence-corrected chi connectivity index (χ1v) is 7.72. The molecule has 1 unspecified atom stereocenters. The van der Waals surface area contributed by atoms with Crippen LogP contribution in [0.15, 0.2) is 42.7 Å². The van der Waals surface area contributed by atoms with E-state index in [0.717, 1.165) is 32.6 Å². The van der Waals surface area contributed by atoms with Gasteiger partial charge in [-0.3, -0.25) is 4.68 Å². The van der Waals surface area contributed by atoms with E-state index in [1.165, 1.54) is 11.3 Å². The highest BCUT2D eigenvalue weighted by Crippen LogP contribution is 2.22. The van der Waals surface area contributed by atoms with Gasteiger partial charge in [-0.25, -0.2) is 0 Å². The summed E-state index contributed by atoms with van der Waals surface area (Å²) in [6, 6.07) is 11.0. The first-order valence-electron chi connectivity index (χ1n) is 7.72. The second-order valence-corrected chi connectivity index (χ2v) is 5.79. The molecule has 2 aromatic rings. The van der Waals surface area contributed by atoms with Gasteiger partial charge in [0.05, 0.1) is 6.54 Å². The Bertz CT molecular complexity index is 547. The molecule has 2 heterocycles. The van der Waals surface area contributed by atoms with E-state index in [1.54, 1.807) is 0 Å². The Morgan fingerprint density at radius 2 is 2.19 bits per heavy atom. The Morgan fingerprint density at radius 1 is 1.33 bits per heavy atom. The first kappa shape index (κ1) is 14.1. The number of hydrogen-bond donors (Lipinski definition) is 1. The Balaban J connectivity index is 1.62. The number of aromatic nitrogens is 2. The van der Waals surface area contributed by atoms with Gasteiger partial charge >= 0.3 is 0 Å². The van der Waals surface area contributed by atoms with Crippen molar-refractivity contribution in [3.8, 4) is 0 Å². The number of rotatable bonds is 5. The summed E-state index contributed by atoms with van der Waals surface area (Å²) in [5, 5.41) is 7.90. The van der Waals surface area contributed by atoms with Crippen LogP contribution in [-0.2, 0) is 11.3 Å². The van der Waals surface area contributed by atoms with Gasteiger partial charge in [-0.15, -0.1) is 0 Å². The van der Waals surface area contributed by atoms with Gasteiger partial charge in [0.1, 0.15) is 0 Å². The molecular formula is C17H23N3O. The zero-order valence-electron chi connectivity index (χ0n) is 12.5. The number of hydrogen-bond acceptors (Lipinski definition) is 3. The lowest BCUT2D eigenvalue weighted by molar-refractivity contribution is 0.0622. The molecule has 112 valence electrons. The fourth-order valence-corrected chi connectivity index (χ4v) is 2.94. The van der Waals surface area contributed by atoms with Crippen LogP contribution < -0.4 is 5.32 Å². The third-order valence-corrected chi connectivity index (χ3v) is 4.20. The number of ether oxygens (including phenoxy) is 1. The van der Waals surface area contributed by atoms with Gasteiger partial charge in [-0.1, -0.05) is 12.1 Å². The highest BCUT2D eigenvalue weighted by atomic mass is 16.5. The van der Waals surface area contributed by atoms with Crippen LogP contribution >= 0.6 is 0 Å². The molecule has 4 nitrogen and oxygen atoms in total. The first-order chi connectivity index (χ1) is 10.3. The van der Waals surface area contributed by atoms with Gasteiger partial charge in [0.15, 0.2) is 0 Å². The Hall–Kier alpha value is -1.81.